The normalized spacial score (nSPS) is 27.2. The van der Waals surface area contributed by atoms with Gasteiger partial charge in [0.15, 0.2) is 0 Å². The number of rotatable bonds is 7. The molecule has 3 nitrogen and oxygen atoms in total. The maximum Gasteiger partial charge on any atom is 0.0604 e. The van der Waals surface area contributed by atoms with Crippen molar-refractivity contribution in [3.63, 3.8) is 0 Å². The van der Waals surface area contributed by atoms with E-state index in [4.69, 9.17) is 4.74 Å². The molecule has 0 spiro atoms. The van der Waals surface area contributed by atoms with Crippen molar-refractivity contribution in [2.75, 3.05) is 27.2 Å². The molecule has 1 rings (SSSR count). The van der Waals surface area contributed by atoms with Crippen LogP contribution in [-0.2, 0) is 4.74 Å². The first-order valence-corrected chi connectivity index (χ1v) is 6.56. The summed E-state index contributed by atoms with van der Waals surface area (Å²) in [6.07, 6.45) is 2.89. The number of nitrogens with one attached hydrogen (secondary N) is 1. The molecular formula is C13H28N2O. The molecule has 3 heteroatoms. The van der Waals surface area contributed by atoms with Gasteiger partial charge >= 0.3 is 0 Å². The third-order valence-electron chi connectivity index (χ3n) is 3.55. The Kier molecular flexibility index (Phi) is 5.73. The van der Waals surface area contributed by atoms with Gasteiger partial charge in [0.2, 0.25) is 0 Å². The van der Waals surface area contributed by atoms with E-state index < -0.39 is 0 Å². The minimum Gasteiger partial charge on any atom is -0.378 e. The molecule has 0 heterocycles. The van der Waals surface area contributed by atoms with E-state index in [9.17, 15) is 0 Å². The van der Waals surface area contributed by atoms with Crippen LogP contribution < -0.4 is 5.32 Å². The molecule has 16 heavy (non-hydrogen) atoms. The van der Waals surface area contributed by atoms with Gasteiger partial charge in [-0.25, -0.2) is 0 Å². The van der Waals surface area contributed by atoms with Gasteiger partial charge in [0.1, 0.15) is 0 Å². The van der Waals surface area contributed by atoms with Crippen LogP contribution in [0, 0.1) is 5.92 Å². The Morgan fingerprint density at radius 3 is 2.38 bits per heavy atom. The molecule has 1 N–H and O–H groups in total. The van der Waals surface area contributed by atoms with E-state index in [1.807, 2.05) is 0 Å². The van der Waals surface area contributed by atoms with Crippen LogP contribution in [-0.4, -0.2) is 50.3 Å². The molecule has 0 aromatic heterocycles. The molecular weight excluding hydrogens is 200 g/mol. The maximum absolute atomic E-state index is 5.56. The van der Waals surface area contributed by atoms with Gasteiger partial charge in [0.05, 0.1) is 6.10 Å². The molecule has 1 atom stereocenters. The molecule has 1 saturated carbocycles. The topological polar surface area (TPSA) is 24.5 Å². The predicted octanol–water partition coefficient (Wildman–Crippen LogP) is 1.73. The van der Waals surface area contributed by atoms with Crippen LogP contribution in [0.1, 0.15) is 33.6 Å². The zero-order valence-electron chi connectivity index (χ0n) is 11.5. The largest absolute Gasteiger partial charge is 0.378 e. The standard InChI is InChI=1S/C13H28N2O/c1-6-16-12-7-11(8-12)14-9-13(10(2)3)15(4)5/h10-14H,6-9H2,1-5H3. The zero-order chi connectivity index (χ0) is 12.1. The van der Waals surface area contributed by atoms with Gasteiger partial charge in [0, 0.05) is 25.2 Å². The molecule has 0 aliphatic heterocycles. The van der Waals surface area contributed by atoms with Crippen molar-refractivity contribution >= 4 is 0 Å². The summed E-state index contributed by atoms with van der Waals surface area (Å²) in [6.45, 7) is 8.59. The van der Waals surface area contributed by atoms with Crippen LogP contribution in [0.4, 0.5) is 0 Å². The Labute approximate surface area is 101 Å². The van der Waals surface area contributed by atoms with Crippen LogP contribution in [0.2, 0.25) is 0 Å². The first-order valence-electron chi connectivity index (χ1n) is 6.56. The van der Waals surface area contributed by atoms with Crippen molar-refractivity contribution in [1.82, 2.24) is 10.2 Å². The fraction of sp³-hybridized carbons (Fsp3) is 1.00. The molecule has 1 fully saturated rings. The van der Waals surface area contributed by atoms with Crippen LogP contribution in [0.25, 0.3) is 0 Å². The van der Waals surface area contributed by atoms with Gasteiger partial charge in [0.25, 0.3) is 0 Å². The summed E-state index contributed by atoms with van der Waals surface area (Å²) in [7, 11) is 4.33. The fourth-order valence-electron chi connectivity index (χ4n) is 2.41. The highest BCUT2D eigenvalue weighted by Gasteiger charge is 2.30. The summed E-state index contributed by atoms with van der Waals surface area (Å²) in [4.78, 5) is 2.32. The summed E-state index contributed by atoms with van der Waals surface area (Å²) in [5.74, 6) is 0.699. The summed E-state index contributed by atoms with van der Waals surface area (Å²) in [6, 6.07) is 1.31. The quantitative estimate of drug-likeness (QED) is 0.718. The van der Waals surface area contributed by atoms with Crippen molar-refractivity contribution < 1.29 is 4.74 Å². The summed E-state index contributed by atoms with van der Waals surface area (Å²) in [5.41, 5.74) is 0. The van der Waals surface area contributed by atoms with E-state index >= 15 is 0 Å². The lowest BCUT2D eigenvalue weighted by Crippen LogP contribution is -2.50. The predicted molar refractivity (Wildman–Crippen MR) is 68.8 cm³/mol. The molecule has 1 aliphatic carbocycles. The number of ether oxygens (including phenoxy) is 1. The number of nitrogens with zero attached hydrogens (tertiary/aromatic N) is 1. The average molecular weight is 228 g/mol. The highest BCUT2D eigenvalue weighted by Crippen LogP contribution is 2.23. The van der Waals surface area contributed by atoms with E-state index in [2.05, 4.69) is 45.1 Å². The monoisotopic (exact) mass is 228 g/mol. The van der Waals surface area contributed by atoms with Crippen LogP contribution >= 0.6 is 0 Å². The first kappa shape index (κ1) is 13.9. The van der Waals surface area contributed by atoms with Gasteiger partial charge in [-0.15, -0.1) is 0 Å². The Morgan fingerprint density at radius 2 is 1.94 bits per heavy atom. The van der Waals surface area contributed by atoms with E-state index in [1.165, 1.54) is 12.8 Å². The van der Waals surface area contributed by atoms with Crippen LogP contribution in [0.15, 0.2) is 0 Å². The van der Waals surface area contributed by atoms with Crippen LogP contribution in [0.3, 0.4) is 0 Å². The van der Waals surface area contributed by atoms with Crippen molar-refractivity contribution in [1.29, 1.82) is 0 Å². The summed E-state index contributed by atoms with van der Waals surface area (Å²) < 4.78 is 5.56. The fourth-order valence-corrected chi connectivity index (χ4v) is 2.41. The van der Waals surface area contributed by atoms with Crippen molar-refractivity contribution in [3.8, 4) is 0 Å². The van der Waals surface area contributed by atoms with E-state index in [-0.39, 0.29) is 0 Å². The van der Waals surface area contributed by atoms with Gasteiger partial charge in [-0.1, -0.05) is 13.8 Å². The maximum atomic E-state index is 5.56. The Bertz CT molecular complexity index is 180. The lowest BCUT2D eigenvalue weighted by atomic mass is 9.88. The molecule has 1 unspecified atom stereocenters. The molecule has 0 radical (unpaired) electrons. The average Bonchev–Trinajstić information content (AvgIpc) is 2.12. The van der Waals surface area contributed by atoms with Crippen molar-refractivity contribution in [2.24, 2.45) is 5.92 Å². The second-order valence-corrected chi connectivity index (χ2v) is 5.43. The molecule has 96 valence electrons. The number of hydrogen-bond donors (Lipinski definition) is 1. The summed E-state index contributed by atoms with van der Waals surface area (Å²) >= 11 is 0. The molecule has 0 aromatic rings. The SMILES string of the molecule is CCOC1CC(NCC(C(C)C)N(C)C)C1. The van der Waals surface area contributed by atoms with E-state index in [0.717, 1.165) is 13.2 Å². The van der Waals surface area contributed by atoms with Crippen molar-refractivity contribution in [2.45, 2.75) is 51.8 Å². The van der Waals surface area contributed by atoms with Gasteiger partial charge < -0.3 is 15.0 Å². The molecule has 0 amide bonds. The lowest BCUT2D eigenvalue weighted by molar-refractivity contribution is -0.0113. The molecule has 1 aliphatic rings. The third kappa shape index (κ3) is 4.04. The summed E-state index contributed by atoms with van der Waals surface area (Å²) in [5, 5.41) is 3.65. The smallest absolute Gasteiger partial charge is 0.0604 e. The Morgan fingerprint density at radius 1 is 1.31 bits per heavy atom. The highest BCUT2D eigenvalue weighted by molar-refractivity contribution is 4.87. The zero-order valence-corrected chi connectivity index (χ0v) is 11.5. The number of hydrogen-bond acceptors (Lipinski definition) is 3. The van der Waals surface area contributed by atoms with Gasteiger partial charge in [-0.05, 0) is 39.8 Å². The van der Waals surface area contributed by atoms with Gasteiger partial charge in [-0.3, -0.25) is 0 Å². The van der Waals surface area contributed by atoms with Gasteiger partial charge in [-0.2, -0.15) is 0 Å². The number of likely N-dealkylation sites (N-methyl/N-ethyl adjacent to an activating group) is 1. The van der Waals surface area contributed by atoms with E-state index in [1.54, 1.807) is 0 Å². The minimum absolute atomic E-state index is 0.513. The van der Waals surface area contributed by atoms with Crippen LogP contribution in [0.5, 0.6) is 0 Å². The third-order valence-corrected chi connectivity index (χ3v) is 3.55. The second kappa shape index (κ2) is 6.58. The Hall–Kier alpha value is -0.120. The Balaban J connectivity index is 2.15. The minimum atomic E-state index is 0.513. The second-order valence-electron chi connectivity index (χ2n) is 5.43. The first-order chi connectivity index (χ1) is 7.54. The molecule has 0 aromatic carbocycles. The lowest BCUT2D eigenvalue weighted by Gasteiger charge is -2.38. The molecule has 0 bridgehead atoms. The van der Waals surface area contributed by atoms with Crippen molar-refractivity contribution in [3.05, 3.63) is 0 Å². The molecule has 0 saturated heterocycles. The van der Waals surface area contributed by atoms with E-state index in [0.29, 0.717) is 24.1 Å². The highest BCUT2D eigenvalue weighted by atomic mass is 16.5.